The van der Waals surface area contributed by atoms with Crippen molar-refractivity contribution in [3.8, 4) is 0 Å². The molecular weight excluding hydrogens is 470 g/mol. The van der Waals surface area contributed by atoms with Gasteiger partial charge in [-0.1, -0.05) is 152 Å². The van der Waals surface area contributed by atoms with Crippen molar-refractivity contribution in [3.05, 3.63) is 186 Å². The summed E-state index contributed by atoms with van der Waals surface area (Å²) >= 11 is 0. The Kier molecular flexibility index (Phi) is 9.19. The van der Waals surface area contributed by atoms with Gasteiger partial charge in [0.1, 0.15) is 0 Å². The number of benzene rings is 5. The molecule has 0 amide bonds. The largest absolute Gasteiger partial charge is 0.371 e. The molecule has 0 radical (unpaired) electrons. The van der Waals surface area contributed by atoms with E-state index >= 15 is 0 Å². The Labute approximate surface area is 233 Å². The van der Waals surface area contributed by atoms with Crippen molar-refractivity contribution >= 4 is 16.8 Å². The summed E-state index contributed by atoms with van der Waals surface area (Å²) in [6, 6.07) is 53.7. The zero-order chi connectivity index (χ0) is 26.5. The molecule has 5 rings (SSSR count). The van der Waals surface area contributed by atoms with E-state index in [4.69, 9.17) is 0 Å². The van der Waals surface area contributed by atoms with Gasteiger partial charge in [0, 0.05) is 18.8 Å². The first kappa shape index (κ1) is 26.0. The lowest BCUT2D eigenvalue weighted by molar-refractivity contribution is 0.790. The average molecular weight is 506 g/mol. The number of rotatable bonds is 11. The fourth-order valence-electron chi connectivity index (χ4n) is 5.01. The molecule has 0 saturated carbocycles. The Hall–Kier alpha value is -4.62. The summed E-state index contributed by atoms with van der Waals surface area (Å²) in [5, 5.41) is 0. The molecule has 0 bridgehead atoms. The van der Waals surface area contributed by atoms with Crippen LogP contribution in [0, 0.1) is 0 Å². The van der Waals surface area contributed by atoms with E-state index in [1.54, 1.807) is 0 Å². The highest BCUT2D eigenvalue weighted by atomic mass is 15.1. The van der Waals surface area contributed by atoms with Crippen LogP contribution in [0.4, 0.5) is 5.69 Å². The predicted octanol–water partition coefficient (Wildman–Crippen LogP) is 9.54. The lowest BCUT2D eigenvalue weighted by Crippen LogP contribution is -2.25. The minimum absolute atomic E-state index is 0.951. The van der Waals surface area contributed by atoms with E-state index in [9.17, 15) is 0 Å². The molecule has 1 nitrogen and oxygen atoms in total. The summed E-state index contributed by atoms with van der Waals surface area (Å²) < 4.78 is 0. The van der Waals surface area contributed by atoms with E-state index in [2.05, 4.69) is 169 Å². The molecule has 0 heterocycles. The van der Waals surface area contributed by atoms with Crippen molar-refractivity contribution in [2.75, 3.05) is 18.0 Å². The fourth-order valence-corrected chi connectivity index (χ4v) is 5.01. The second-order valence-corrected chi connectivity index (χ2v) is 9.60. The van der Waals surface area contributed by atoms with Crippen molar-refractivity contribution in [1.29, 1.82) is 0 Å². The minimum atomic E-state index is 0.951. The van der Waals surface area contributed by atoms with Crippen LogP contribution in [-0.2, 0) is 0 Å². The van der Waals surface area contributed by atoms with E-state index in [0.29, 0.717) is 0 Å². The molecule has 0 N–H and O–H groups in total. The topological polar surface area (TPSA) is 3.24 Å². The van der Waals surface area contributed by atoms with Gasteiger partial charge in [0.15, 0.2) is 0 Å². The normalized spacial score (nSPS) is 10.5. The van der Waals surface area contributed by atoms with Crippen LogP contribution in [0.5, 0.6) is 0 Å². The molecular formula is C38H35N. The van der Waals surface area contributed by atoms with Crippen LogP contribution in [0.25, 0.3) is 11.1 Å². The van der Waals surface area contributed by atoms with Gasteiger partial charge in [-0.15, -0.1) is 0 Å². The van der Waals surface area contributed by atoms with Crippen LogP contribution in [0.1, 0.15) is 35.1 Å². The molecule has 0 aromatic heterocycles. The molecule has 0 aliphatic heterocycles. The van der Waals surface area contributed by atoms with E-state index < -0.39 is 0 Å². The van der Waals surface area contributed by atoms with Crippen LogP contribution in [0.15, 0.2) is 164 Å². The van der Waals surface area contributed by atoms with E-state index in [0.717, 1.165) is 25.9 Å². The molecule has 5 aromatic carbocycles. The molecule has 0 atom stereocenters. The smallest absolute Gasteiger partial charge is 0.0366 e. The van der Waals surface area contributed by atoms with Gasteiger partial charge >= 0.3 is 0 Å². The molecule has 0 saturated heterocycles. The van der Waals surface area contributed by atoms with E-state index in [-0.39, 0.29) is 0 Å². The van der Waals surface area contributed by atoms with Crippen LogP contribution < -0.4 is 4.90 Å². The first-order valence-corrected chi connectivity index (χ1v) is 13.8. The van der Waals surface area contributed by atoms with Gasteiger partial charge in [-0.25, -0.2) is 0 Å². The summed E-state index contributed by atoms with van der Waals surface area (Å²) in [4.78, 5) is 2.51. The highest BCUT2D eigenvalue weighted by Crippen LogP contribution is 2.26. The van der Waals surface area contributed by atoms with Crippen LogP contribution in [-0.4, -0.2) is 13.1 Å². The van der Waals surface area contributed by atoms with Crippen molar-refractivity contribution < 1.29 is 0 Å². The maximum Gasteiger partial charge on any atom is 0.0366 e. The molecule has 0 unspecified atom stereocenters. The molecule has 39 heavy (non-hydrogen) atoms. The molecule has 192 valence electrons. The maximum atomic E-state index is 2.51. The van der Waals surface area contributed by atoms with Gasteiger partial charge in [-0.05, 0) is 58.4 Å². The van der Waals surface area contributed by atoms with E-state index in [1.165, 1.54) is 39.1 Å². The lowest BCUT2D eigenvalue weighted by Gasteiger charge is -2.24. The third kappa shape index (κ3) is 7.24. The Morgan fingerprint density at radius 3 is 0.974 bits per heavy atom. The van der Waals surface area contributed by atoms with Crippen LogP contribution >= 0.6 is 0 Å². The number of hydrogen-bond donors (Lipinski definition) is 0. The van der Waals surface area contributed by atoms with Gasteiger partial charge in [0.25, 0.3) is 0 Å². The fraction of sp³-hybridized carbons (Fsp3) is 0.105. The van der Waals surface area contributed by atoms with Crippen molar-refractivity contribution in [1.82, 2.24) is 0 Å². The van der Waals surface area contributed by atoms with Gasteiger partial charge in [0.2, 0.25) is 0 Å². The van der Waals surface area contributed by atoms with Crippen LogP contribution in [0.3, 0.4) is 0 Å². The minimum Gasteiger partial charge on any atom is -0.371 e. The molecule has 0 aliphatic rings. The summed E-state index contributed by atoms with van der Waals surface area (Å²) in [7, 11) is 0. The molecule has 0 fully saturated rings. The summed E-state index contributed by atoms with van der Waals surface area (Å²) in [6.07, 6.45) is 6.72. The monoisotopic (exact) mass is 505 g/mol. The zero-order valence-corrected chi connectivity index (χ0v) is 22.4. The van der Waals surface area contributed by atoms with Gasteiger partial charge in [-0.2, -0.15) is 0 Å². The number of para-hydroxylation sites is 1. The van der Waals surface area contributed by atoms with Crippen molar-refractivity contribution in [3.63, 3.8) is 0 Å². The Morgan fingerprint density at radius 2 is 0.667 bits per heavy atom. The second kappa shape index (κ2) is 13.8. The Balaban J connectivity index is 1.37. The first-order valence-electron chi connectivity index (χ1n) is 13.8. The van der Waals surface area contributed by atoms with Gasteiger partial charge in [-0.3, -0.25) is 0 Å². The third-order valence-corrected chi connectivity index (χ3v) is 6.96. The molecule has 0 aliphatic carbocycles. The quantitative estimate of drug-likeness (QED) is 0.173. The maximum absolute atomic E-state index is 2.51. The SMILES string of the molecule is C(CCN(CCC=C(c1ccccc1)c1ccccc1)c1ccccc1)=C(c1ccccc1)c1ccccc1. The predicted molar refractivity (Wildman–Crippen MR) is 168 cm³/mol. The first-order chi connectivity index (χ1) is 19.4. The highest BCUT2D eigenvalue weighted by Gasteiger charge is 2.09. The standard InChI is InChI=1S/C38H35N/c1-6-18-32(19-7-1)37(33-20-8-2-9-21-33)28-16-30-39(36-26-14-5-15-27-36)31-17-29-38(34-22-10-3-11-23-34)35-24-12-4-13-25-35/h1-15,18-29H,16-17,30-31H2. The number of hydrogen-bond acceptors (Lipinski definition) is 1. The molecule has 5 aromatic rings. The van der Waals surface area contributed by atoms with E-state index in [1.807, 2.05) is 0 Å². The van der Waals surface area contributed by atoms with Gasteiger partial charge < -0.3 is 4.90 Å². The Morgan fingerprint density at radius 1 is 0.385 bits per heavy atom. The Bertz CT molecular complexity index is 1280. The second-order valence-electron chi connectivity index (χ2n) is 9.60. The zero-order valence-electron chi connectivity index (χ0n) is 22.4. The number of nitrogens with zero attached hydrogens (tertiary/aromatic N) is 1. The van der Waals surface area contributed by atoms with Gasteiger partial charge in [0.05, 0.1) is 0 Å². The highest BCUT2D eigenvalue weighted by molar-refractivity contribution is 5.80. The summed E-state index contributed by atoms with van der Waals surface area (Å²) in [5.74, 6) is 0. The van der Waals surface area contributed by atoms with Crippen molar-refractivity contribution in [2.24, 2.45) is 0 Å². The molecule has 0 spiro atoms. The summed E-state index contributed by atoms with van der Waals surface area (Å²) in [5.41, 5.74) is 8.88. The van der Waals surface area contributed by atoms with Crippen LogP contribution in [0.2, 0.25) is 0 Å². The number of anilines is 1. The lowest BCUT2D eigenvalue weighted by atomic mass is 9.96. The third-order valence-electron chi connectivity index (χ3n) is 6.96. The average Bonchev–Trinajstić information content (AvgIpc) is 3.02. The molecule has 1 heteroatoms. The van der Waals surface area contributed by atoms with Crippen molar-refractivity contribution in [2.45, 2.75) is 12.8 Å². The summed E-state index contributed by atoms with van der Waals surface area (Å²) in [6.45, 7) is 1.90.